The molecule has 20 heavy (non-hydrogen) atoms. The minimum absolute atomic E-state index is 0. The monoisotopic (exact) mass is 305 g/mol. The first-order valence-corrected chi connectivity index (χ1v) is 7.23. The van der Waals surface area contributed by atoms with Crippen molar-refractivity contribution >= 4 is 24.2 Å². The molecule has 118 valence electrons. The molecule has 0 bridgehead atoms. The Morgan fingerprint density at radius 2 is 1.65 bits per heavy atom. The van der Waals surface area contributed by atoms with E-state index in [1.54, 1.807) is 13.8 Å². The molecule has 4 N–H and O–H groups in total. The summed E-state index contributed by atoms with van der Waals surface area (Å²) < 4.78 is 0. The van der Waals surface area contributed by atoms with E-state index in [1.807, 2.05) is 0 Å². The zero-order valence-electron chi connectivity index (χ0n) is 12.5. The molecule has 5 nitrogen and oxygen atoms in total. The van der Waals surface area contributed by atoms with E-state index in [-0.39, 0.29) is 24.2 Å². The van der Waals surface area contributed by atoms with Crippen molar-refractivity contribution < 1.29 is 9.59 Å². The van der Waals surface area contributed by atoms with Crippen LogP contribution < -0.4 is 16.4 Å². The molecule has 0 saturated heterocycles. The summed E-state index contributed by atoms with van der Waals surface area (Å²) in [5.74, 6) is 0.438. The molecule has 0 unspecified atom stereocenters. The van der Waals surface area contributed by atoms with Crippen molar-refractivity contribution in [3.63, 3.8) is 0 Å². The Morgan fingerprint density at radius 3 is 2.20 bits per heavy atom. The van der Waals surface area contributed by atoms with Crippen molar-refractivity contribution in [2.45, 2.75) is 57.9 Å². The highest BCUT2D eigenvalue weighted by Gasteiger charge is 2.21. The van der Waals surface area contributed by atoms with Gasteiger partial charge in [0.1, 0.15) is 0 Å². The third kappa shape index (κ3) is 7.70. The zero-order chi connectivity index (χ0) is 14.3. The fourth-order valence-electron chi connectivity index (χ4n) is 2.33. The Hall–Kier alpha value is -0.810. The highest BCUT2D eigenvalue weighted by molar-refractivity contribution is 5.85. The number of hydrogen-bond donors (Lipinski definition) is 3. The van der Waals surface area contributed by atoms with Gasteiger partial charge >= 0.3 is 0 Å². The predicted octanol–water partition coefficient (Wildman–Crippen LogP) is 1.35. The normalized spacial score (nSPS) is 16.1. The van der Waals surface area contributed by atoms with Crippen molar-refractivity contribution in [2.24, 2.45) is 11.7 Å². The number of rotatable bonds is 6. The smallest absolute Gasteiger partial charge is 0.239 e. The minimum atomic E-state index is -0.869. The lowest BCUT2D eigenvalue weighted by molar-refractivity contribution is -0.126. The highest BCUT2D eigenvalue weighted by atomic mass is 35.5. The predicted molar refractivity (Wildman–Crippen MR) is 82.7 cm³/mol. The van der Waals surface area contributed by atoms with Crippen molar-refractivity contribution in [1.29, 1.82) is 0 Å². The standard InChI is InChI=1S/C14H27N3O2.ClH/c1-14(2,15)13(19)17-9-8-16-12(18)10-11-6-4-3-5-7-11;/h11H,3-10,15H2,1-2H3,(H,16,18)(H,17,19);1H. The van der Waals surface area contributed by atoms with Gasteiger partial charge in [-0.2, -0.15) is 0 Å². The number of nitrogens with one attached hydrogen (secondary N) is 2. The molecule has 0 atom stereocenters. The van der Waals surface area contributed by atoms with Crippen LogP contribution in [0.3, 0.4) is 0 Å². The van der Waals surface area contributed by atoms with E-state index in [9.17, 15) is 9.59 Å². The molecular weight excluding hydrogens is 278 g/mol. The summed E-state index contributed by atoms with van der Waals surface area (Å²) in [6.07, 6.45) is 6.77. The van der Waals surface area contributed by atoms with Crippen LogP contribution in [0.15, 0.2) is 0 Å². The summed E-state index contributed by atoms with van der Waals surface area (Å²) in [5, 5.41) is 5.55. The SMILES string of the molecule is CC(C)(N)C(=O)NCCNC(=O)CC1CCCCC1.Cl. The van der Waals surface area contributed by atoms with Gasteiger partial charge in [-0.3, -0.25) is 9.59 Å². The van der Waals surface area contributed by atoms with Crippen LogP contribution in [0.1, 0.15) is 52.4 Å². The second-order valence-electron chi connectivity index (χ2n) is 6.04. The van der Waals surface area contributed by atoms with Gasteiger partial charge in [-0.05, 0) is 32.6 Å². The first-order valence-electron chi connectivity index (χ1n) is 7.23. The largest absolute Gasteiger partial charge is 0.354 e. The van der Waals surface area contributed by atoms with Crippen LogP contribution in [-0.4, -0.2) is 30.4 Å². The van der Waals surface area contributed by atoms with Gasteiger partial charge in [0, 0.05) is 19.5 Å². The molecule has 0 aliphatic heterocycles. The van der Waals surface area contributed by atoms with Gasteiger partial charge in [0.2, 0.25) is 11.8 Å². The molecule has 0 aromatic heterocycles. The number of amides is 2. The maximum atomic E-state index is 11.7. The average Bonchev–Trinajstić information content (AvgIpc) is 2.34. The van der Waals surface area contributed by atoms with E-state index >= 15 is 0 Å². The van der Waals surface area contributed by atoms with E-state index in [2.05, 4.69) is 10.6 Å². The van der Waals surface area contributed by atoms with Crippen LogP contribution >= 0.6 is 12.4 Å². The molecule has 1 saturated carbocycles. The van der Waals surface area contributed by atoms with E-state index in [0.29, 0.717) is 25.4 Å². The molecule has 2 amide bonds. The fraction of sp³-hybridized carbons (Fsp3) is 0.857. The lowest BCUT2D eigenvalue weighted by Crippen LogP contribution is -2.50. The van der Waals surface area contributed by atoms with Crippen LogP contribution in [0.5, 0.6) is 0 Å². The number of nitrogens with two attached hydrogens (primary N) is 1. The Morgan fingerprint density at radius 1 is 1.10 bits per heavy atom. The Balaban J connectivity index is 0.00000361. The molecule has 1 fully saturated rings. The maximum Gasteiger partial charge on any atom is 0.239 e. The van der Waals surface area contributed by atoms with E-state index < -0.39 is 5.54 Å². The molecule has 1 rings (SSSR count). The Bertz CT molecular complexity index is 310. The summed E-state index contributed by atoms with van der Waals surface area (Å²) in [4.78, 5) is 23.2. The molecule has 1 aliphatic carbocycles. The third-order valence-corrected chi connectivity index (χ3v) is 3.52. The zero-order valence-corrected chi connectivity index (χ0v) is 13.4. The molecule has 0 spiro atoms. The lowest BCUT2D eigenvalue weighted by atomic mass is 9.87. The molecule has 0 radical (unpaired) electrons. The van der Waals surface area contributed by atoms with Gasteiger partial charge in [-0.25, -0.2) is 0 Å². The molecule has 0 heterocycles. The maximum absolute atomic E-state index is 11.7. The van der Waals surface area contributed by atoms with E-state index in [1.165, 1.54) is 32.1 Å². The van der Waals surface area contributed by atoms with Crippen molar-refractivity contribution in [2.75, 3.05) is 13.1 Å². The van der Waals surface area contributed by atoms with Crippen LogP contribution in [0, 0.1) is 5.92 Å². The van der Waals surface area contributed by atoms with Gasteiger partial charge in [0.05, 0.1) is 5.54 Å². The number of halogens is 1. The summed E-state index contributed by atoms with van der Waals surface area (Å²) in [7, 11) is 0. The first-order chi connectivity index (χ1) is 8.89. The van der Waals surface area contributed by atoms with Crippen molar-refractivity contribution in [3.8, 4) is 0 Å². The van der Waals surface area contributed by atoms with Gasteiger partial charge in [0.15, 0.2) is 0 Å². The average molecular weight is 306 g/mol. The van der Waals surface area contributed by atoms with Crippen LogP contribution in [-0.2, 0) is 9.59 Å². The van der Waals surface area contributed by atoms with Crippen molar-refractivity contribution in [3.05, 3.63) is 0 Å². The van der Waals surface area contributed by atoms with Crippen molar-refractivity contribution in [1.82, 2.24) is 10.6 Å². The molecule has 0 aromatic rings. The minimum Gasteiger partial charge on any atom is -0.354 e. The second kappa shape index (κ2) is 9.19. The van der Waals surface area contributed by atoms with Gasteiger partial charge in [-0.15, -0.1) is 12.4 Å². The quantitative estimate of drug-likeness (QED) is 0.648. The summed E-state index contributed by atoms with van der Waals surface area (Å²) >= 11 is 0. The topological polar surface area (TPSA) is 84.2 Å². The van der Waals surface area contributed by atoms with E-state index in [4.69, 9.17) is 5.73 Å². The number of hydrogen-bond acceptors (Lipinski definition) is 3. The fourth-order valence-corrected chi connectivity index (χ4v) is 2.33. The number of carbonyl (C=O) groups excluding carboxylic acids is 2. The molecule has 6 heteroatoms. The van der Waals surface area contributed by atoms with Gasteiger partial charge < -0.3 is 16.4 Å². The molecular formula is C14H28ClN3O2. The summed E-state index contributed by atoms with van der Waals surface area (Å²) in [6.45, 7) is 4.21. The third-order valence-electron chi connectivity index (χ3n) is 3.52. The van der Waals surface area contributed by atoms with Crippen LogP contribution in [0.4, 0.5) is 0 Å². The number of carbonyl (C=O) groups is 2. The second-order valence-corrected chi connectivity index (χ2v) is 6.04. The van der Waals surface area contributed by atoms with Crippen LogP contribution in [0.2, 0.25) is 0 Å². The molecule has 1 aliphatic rings. The summed E-state index contributed by atoms with van der Waals surface area (Å²) in [6, 6.07) is 0. The first kappa shape index (κ1) is 19.2. The summed E-state index contributed by atoms with van der Waals surface area (Å²) in [5.41, 5.74) is 4.78. The van der Waals surface area contributed by atoms with Gasteiger partial charge in [0.25, 0.3) is 0 Å². The molecule has 0 aromatic carbocycles. The van der Waals surface area contributed by atoms with E-state index in [0.717, 1.165) is 0 Å². The van der Waals surface area contributed by atoms with Crippen LogP contribution in [0.25, 0.3) is 0 Å². The highest BCUT2D eigenvalue weighted by Crippen LogP contribution is 2.25. The Kier molecular flexibility index (Phi) is 8.81. The van der Waals surface area contributed by atoms with Gasteiger partial charge in [-0.1, -0.05) is 19.3 Å². The Labute approximate surface area is 127 Å². The lowest BCUT2D eigenvalue weighted by Gasteiger charge is -2.21.